The van der Waals surface area contributed by atoms with E-state index in [0.29, 0.717) is 21.9 Å². The molecule has 1 aliphatic heterocycles. The lowest BCUT2D eigenvalue weighted by Crippen LogP contribution is -2.42. The fourth-order valence-corrected chi connectivity index (χ4v) is 4.25. The summed E-state index contributed by atoms with van der Waals surface area (Å²) in [5, 5.41) is 14.5. The van der Waals surface area contributed by atoms with Crippen molar-refractivity contribution in [2.75, 3.05) is 0 Å². The Labute approximate surface area is 205 Å². The smallest absolute Gasteiger partial charge is 0.337 e. The first-order valence-corrected chi connectivity index (χ1v) is 11.2. The molecule has 1 atom stereocenters. The average Bonchev–Trinajstić information content (AvgIpc) is 3.24. The monoisotopic (exact) mass is 497 g/mol. The van der Waals surface area contributed by atoms with Crippen molar-refractivity contribution < 1.29 is 23.5 Å². The second-order valence-corrected chi connectivity index (χ2v) is 8.92. The summed E-state index contributed by atoms with van der Waals surface area (Å²) >= 11 is 6.04. The Morgan fingerprint density at radius 1 is 1.09 bits per heavy atom. The fraction of sp³-hybridized carbons (Fsp3) is 0.231. The minimum Gasteiger partial charge on any atom is -0.481 e. The highest BCUT2D eigenvalue weighted by atomic mass is 35.5. The zero-order valence-corrected chi connectivity index (χ0v) is 19.8. The molecule has 1 N–H and O–H groups in total. The first kappa shape index (κ1) is 24.5. The molecule has 0 fully saturated rings. The molecule has 0 aliphatic carbocycles. The van der Waals surface area contributed by atoms with Crippen LogP contribution in [0, 0.1) is 13.8 Å². The van der Waals surface area contributed by atoms with Crippen molar-refractivity contribution in [2.45, 2.75) is 38.7 Å². The first-order valence-electron chi connectivity index (χ1n) is 10.8. The predicted octanol–water partition coefficient (Wildman–Crippen LogP) is 5.81. The SMILES string of the molecule is Cc1ccc([C@H]2CC(c3cncc(C)c3-c3ccc(Cl)cc3)=NN2C(=O)C(F)(F)CC(=O)O)cc1. The van der Waals surface area contributed by atoms with Crippen LogP contribution in [0.3, 0.4) is 0 Å². The van der Waals surface area contributed by atoms with Crippen molar-refractivity contribution in [1.82, 2.24) is 9.99 Å². The van der Waals surface area contributed by atoms with Crippen LogP contribution in [-0.2, 0) is 9.59 Å². The Morgan fingerprint density at radius 2 is 1.74 bits per heavy atom. The van der Waals surface area contributed by atoms with E-state index in [9.17, 15) is 18.4 Å². The number of carboxylic acid groups (broad SMARTS) is 1. The summed E-state index contributed by atoms with van der Waals surface area (Å²) < 4.78 is 29.2. The lowest BCUT2D eigenvalue weighted by Gasteiger charge is -2.25. The zero-order valence-electron chi connectivity index (χ0n) is 19.0. The number of carboxylic acids is 1. The van der Waals surface area contributed by atoms with Gasteiger partial charge in [-0.2, -0.15) is 13.9 Å². The van der Waals surface area contributed by atoms with Crippen molar-refractivity contribution in [3.05, 3.63) is 88.2 Å². The summed E-state index contributed by atoms with van der Waals surface area (Å²) in [4.78, 5) is 28.1. The largest absolute Gasteiger partial charge is 0.481 e. The molecule has 2 heterocycles. The van der Waals surface area contributed by atoms with Crippen LogP contribution < -0.4 is 0 Å². The van der Waals surface area contributed by atoms with Gasteiger partial charge in [-0.3, -0.25) is 14.6 Å². The van der Waals surface area contributed by atoms with Crippen molar-refractivity contribution in [3.63, 3.8) is 0 Å². The number of hydrogen-bond donors (Lipinski definition) is 1. The summed E-state index contributed by atoms with van der Waals surface area (Å²) in [6.07, 6.45) is 1.81. The number of halogens is 3. The Morgan fingerprint density at radius 3 is 2.37 bits per heavy atom. The molecule has 0 saturated heterocycles. The van der Waals surface area contributed by atoms with E-state index >= 15 is 0 Å². The van der Waals surface area contributed by atoms with E-state index in [1.807, 2.05) is 38.1 Å². The third kappa shape index (κ3) is 5.07. The van der Waals surface area contributed by atoms with E-state index in [1.165, 1.54) is 0 Å². The number of carbonyl (C=O) groups is 2. The molecule has 4 rings (SSSR count). The van der Waals surface area contributed by atoms with Crippen molar-refractivity contribution >= 4 is 29.2 Å². The number of aromatic nitrogens is 1. The number of rotatable bonds is 6. The number of alkyl halides is 2. The highest BCUT2D eigenvalue weighted by molar-refractivity contribution is 6.30. The van der Waals surface area contributed by atoms with Gasteiger partial charge in [0.15, 0.2) is 0 Å². The standard InChI is InChI=1S/C26H22ClF2N3O3/c1-15-3-5-17(6-4-15)22-11-21(31-32(22)25(35)26(28,29)12-23(33)34)20-14-30-13-16(2)24(20)18-7-9-19(27)10-8-18/h3-10,13-14,22H,11-12H2,1-2H3,(H,33,34)/t22-/m1/s1. The second-order valence-electron chi connectivity index (χ2n) is 8.49. The molecule has 3 aromatic rings. The summed E-state index contributed by atoms with van der Waals surface area (Å²) in [6.45, 7) is 3.76. The summed E-state index contributed by atoms with van der Waals surface area (Å²) in [7, 11) is 0. The molecular weight excluding hydrogens is 476 g/mol. The van der Waals surface area contributed by atoms with Crippen molar-refractivity contribution in [3.8, 4) is 11.1 Å². The first-order chi connectivity index (χ1) is 16.6. The van der Waals surface area contributed by atoms with Gasteiger partial charge < -0.3 is 5.11 Å². The van der Waals surface area contributed by atoms with Crippen LogP contribution in [0.2, 0.25) is 5.02 Å². The normalized spacial score (nSPS) is 15.7. The predicted molar refractivity (Wildman–Crippen MR) is 129 cm³/mol. The number of nitrogens with zero attached hydrogens (tertiary/aromatic N) is 3. The molecule has 6 nitrogen and oxygen atoms in total. The van der Waals surface area contributed by atoms with Gasteiger partial charge in [-0.05, 0) is 48.2 Å². The maximum absolute atomic E-state index is 14.6. The van der Waals surface area contributed by atoms with Crippen LogP contribution in [0.5, 0.6) is 0 Å². The van der Waals surface area contributed by atoms with Gasteiger partial charge in [0.05, 0.1) is 11.8 Å². The van der Waals surface area contributed by atoms with Gasteiger partial charge in [0.2, 0.25) is 0 Å². The van der Waals surface area contributed by atoms with E-state index in [4.69, 9.17) is 16.7 Å². The second kappa shape index (κ2) is 9.54. The molecule has 35 heavy (non-hydrogen) atoms. The zero-order chi connectivity index (χ0) is 25.3. The van der Waals surface area contributed by atoms with Gasteiger partial charge in [0.1, 0.15) is 6.42 Å². The van der Waals surface area contributed by atoms with Gasteiger partial charge in [0, 0.05) is 29.4 Å². The quantitative estimate of drug-likeness (QED) is 0.466. The number of hydrazone groups is 1. The molecule has 1 aliphatic rings. The molecule has 0 unspecified atom stereocenters. The molecule has 180 valence electrons. The van der Waals surface area contributed by atoms with Crippen molar-refractivity contribution in [2.24, 2.45) is 5.10 Å². The summed E-state index contributed by atoms with van der Waals surface area (Å²) in [5.74, 6) is -7.54. The van der Waals surface area contributed by atoms with E-state index in [2.05, 4.69) is 10.1 Å². The Bertz CT molecular complexity index is 1310. The maximum Gasteiger partial charge on any atom is 0.337 e. The van der Waals surface area contributed by atoms with Gasteiger partial charge in [-0.15, -0.1) is 0 Å². The third-order valence-corrected chi connectivity index (χ3v) is 6.10. The van der Waals surface area contributed by atoms with E-state index in [-0.39, 0.29) is 6.42 Å². The number of hydrogen-bond acceptors (Lipinski definition) is 4. The highest BCUT2D eigenvalue weighted by Gasteiger charge is 2.48. The van der Waals surface area contributed by atoms with Gasteiger partial charge in [0.25, 0.3) is 0 Å². The van der Waals surface area contributed by atoms with E-state index < -0.39 is 30.3 Å². The Hall–Kier alpha value is -3.65. The topological polar surface area (TPSA) is 82.9 Å². The maximum atomic E-state index is 14.6. The molecule has 0 spiro atoms. The highest BCUT2D eigenvalue weighted by Crippen LogP contribution is 2.39. The van der Waals surface area contributed by atoms with Gasteiger partial charge in [-0.1, -0.05) is 53.6 Å². The minimum absolute atomic E-state index is 0.156. The van der Waals surface area contributed by atoms with Gasteiger partial charge >= 0.3 is 17.8 Å². The number of amides is 1. The summed E-state index contributed by atoms with van der Waals surface area (Å²) in [6, 6.07) is 13.5. The molecule has 0 radical (unpaired) electrons. The number of benzene rings is 2. The molecule has 1 aromatic heterocycles. The third-order valence-electron chi connectivity index (χ3n) is 5.85. The molecule has 2 aromatic carbocycles. The summed E-state index contributed by atoms with van der Waals surface area (Å²) in [5.41, 5.74) is 5.04. The van der Waals surface area contributed by atoms with Crippen LogP contribution in [0.1, 0.15) is 41.1 Å². The lowest BCUT2D eigenvalue weighted by molar-refractivity contribution is -0.167. The molecular formula is C26H22ClF2N3O3. The van der Waals surface area contributed by atoms with Crippen LogP contribution >= 0.6 is 11.6 Å². The molecule has 0 bridgehead atoms. The van der Waals surface area contributed by atoms with Crippen LogP contribution in [-0.4, -0.2) is 38.6 Å². The van der Waals surface area contributed by atoms with E-state index in [1.54, 1.807) is 36.7 Å². The number of aliphatic carboxylic acids is 1. The van der Waals surface area contributed by atoms with Crippen LogP contribution in [0.4, 0.5) is 8.78 Å². The van der Waals surface area contributed by atoms with Gasteiger partial charge in [-0.25, -0.2) is 5.01 Å². The minimum atomic E-state index is -4.11. The van der Waals surface area contributed by atoms with Crippen LogP contribution in [0.15, 0.2) is 66.0 Å². The molecule has 0 saturated carbocycles. The number of carbonyl (C=O) groups excluding carboxylic acids is 1. The lowest BCUT2D eigenvalue weighted by atomic mass is 9.91. The van der Waals surface area contributed by atoms with E-state index in [0.717, 1.165) is 27.3 Å². The fourth-order valence-electron chi connectivity index (χ4n) is 4.13. The Kier molecular flexibility index (Phi) is 6.67. The molecule has 9 heteroatoms. The van der Waals surface area contributed by atoms with Crippen molar-refractivity contribution in [1.29, 1.82) is 0 Å². The number of aryl methyl sites for hydroxylation is 2. The van der Waals surface area contributed by atoms with Crippen LogP contribution in [0.25, 0.3) is 11.1 Å². The number of pyridine rings is 1. The Balaban J connectivity index is 1.81. The molecule has 1 amide bonds. The average molecular weight is 498 g/mol.